The van der Waals surface area contributed by atoms with Crippen molar-refractivity contribution >= 4 is 0 Å². The third kappa shape index (κ3) is 15.7. The Labute approximate surface area is 110 Å². The molecule has 0 unspecified atom stereocenters. The minimum atomic E-state index is 0.875. The molecule has 17 heavy (non-hydrogen) atoms. The molecular weight excluding hydrogens is 204 g/mol. The van der Waals surface area contributed by atoms with Crippen molar-refractivity contribution in [2.75, 3.05) is 0 Å². The molecule has 0 fully saturated rings. The highest BCUT2D eigenvalue weighted by Crippen LogP contribution is 2.11. The Morgan fingerprint density at radius 1 is 0.588 bits per heavy atom. The molecule has 0 N–H and O–H groups in total. The molecule has 0 nitrogen and oxygen atoms in total. The molecule has 0 atom stereocenters. The van der Waals surface area contributed by atoms with Gasteiger partial charge in [0.1, 0.15) is 0 Å². The zero-order valence-corrected chi connectivity index (χ0v) is 12.7. The second-order valence-electron chi connectivity index (χ2n) is 6.18. The van der Waals surface area contributed by atoms with E-state index in [4.69, 9.17) is 0 Å². The zero-order chi connectivity index (χ0) is 12.9. The zero-order valence-electron chi connectivity index (χ0n) is 12.7. The van der Waals surface area contributed by atoms with Crippen LogP contribution in [0.25, 0.3) is 0 Å². The van der Waals surface area contributed by atoms with E-state index in [2.05, 4.69) is 39.8 Å². The Kier molecular flexibility index (Phi) is 12.0. The lowest BCUT2D eigenvalue weighted by molar-refractivity contribution is 0.528. The van der Waals surface area contributed by atoms with Crippen molar-refractivity contribution in [3.63, 3.8) is 0 Å². The highest BCUT2D eigenvalue weighted by molar-refractivity contribution is 4.81. The molecular formula is C17H34. The maximum Gasteiger partial charge on any atom is -0.0351 e. The molecule has 0 heteroatoms. The van der Waals surface area contributed by atoms with Gasteiger partial charge >= 0.3 is 0 Å². The van der Waals surface area contributed by atoms with Crippen LogP contribution in [0.3, 0.4) is 0 Å². The lowest BCUT2D eigenvalue weighted by atomic mass is 10.0. The molecule has 0 aliphatic rings. The number of hydrogen-bond donors (Lipinski definition) is 0. The predicted molar refractivity (Wildman–Crippen MR) is 80.4 cm³/mol. The van der Waals surface area contributed by atoms with Gasteiger partial charge in [-0.3, -0.25) is 0 Å². The van der Waals surface area contributed by atoms with Crippen LogP contribution in [0.15, 0.2) is 12.2 Å². The largest absolute Gasteiger partial charge is 0.0885 e. The first kappa shape index (κ1) is 16.7. The Morgan fingerprint density at radius 2 is 1.00 bits per heavy atom. The molecule has 0 bridgehead atoms. The third-order valence-corrected chi connectivity index (χ3v) is 3.22. The fourth-order valence-corrected chi connectivity index (χ4v) is 2.04. The molecule has 102 valence electrons. The monoisotopic (exact) mass is 238 g/mol. The van der Waals surface area contributed by atoms with Crippen LogP contribution in [0.4, 0.5) is 0 Å². The third-order valence-electron chi connectivity index (χ3n) is 3.22. The second kappa shape index (κ2) is 12.2. The van der Waals surface area contributed by atoms with Crippen LogP contribution >= 0.6 is 0 Å². The summed E-state index contributed by atoms with van der Waals surface area (Å²) in [6, 6.07) is 0. The summed E-state index contributed by atoms with van der Waals surface area (Å²) in [4.78, 5) is 0. The van der Waals surface area contributed by atoms with Gasteiger partial charge in [-0.05, 0) is 37.5 Å². The van der Waals surface area contributed by atoms with Gasteiger partial charge in [-0.25, -0.2) is 0 Å². The molecule has 0 heterocycles. The Balaban J connectivity index is 3.10. The maximum absolute atomic E-state index is 2.39. The Hall–Kier alpha value is -0.260. The summed E-state index contributed by atoms with van der Waals surface area (Å²) in [6.07, 6.45) is 17.2. The summed E-state index contributed by atoms with van der Waals surface area (Å²) in [5, 5.41) is 0. The molecule has 0 aromatic rings. The van der Waals surface area contributed by atoms with E-state index in [-0.39, 0.29) is 0 Å². The van der Waals surface area contributed by atoms with E-state index in [0.717, 1.165) is 11.8 Å². The van der Waals surface area contributed by atoms with E-state index in [1.165, 1.54) is 57.8 Å². The van der Waals surface area contributed by atoms with Gasteiger partial charge < -0.3 is 0 Å². The van der Waals surface area contributed by atoms with Gasteiger partial charge in [0.25, 0.3) is 0 Å². The van der Waals surface area contributed by atoms with Gasteiger partial charge in [0.05, 0.1) is 0 Å². The Bertz CT molecular complexity index is 165. The van der Waals surface area contributed by atoms with Crippen molar-refractivity contribution in [1.82, 2.24) is 0 Å². The van der Waals surface area contributed by atoms with Gasteiger partial charge in [0.2, 0.25) is 0 Å². The molecule has 0 rings (SSSR count). The molecule has 0 aliphatic carbocycles. The van der Waals surface area contributed by atoms with Gasteiger partial charge in [-0.15, -0.1) is 0 Å². The number of hydrogen-bond acceptors (Lipinski definition) is 0. The number of allylic oxidation sites excluding steroid dienone is 2. The van der Waals surface area contributed by atoms with Crippen molar-refractivity contribution in [2.45, 2.75) is 85.5 Å². The summed E-state index contributed by atoms with van der Waals surface area (Å²) in [5.41, 5.74) is 0. The van der Waals surface area contributed by atoms with Crippen LogP contribution in [0.2, 0.25) is 0 Å². The number of unbranched alkanes of at least 4 members (excludes halogenated alkanes) is 5. The minimum Gasteiger partial charge on any atom is -0.0885 e. The Morgan fingerprint density at radius 3 is 1.47 bits per heavy atom. The first-order valence-corrected chi connectivity index (χ1v) is 7.78. The average molecular weight is 238 g/mol. The molecule has 0 radical (unpaired) electrons. The normalized spacial score (nSPS) is 12.1. The molecule has 0 spiro atoms. The van der Waals surface area contributed by atoms with E-state index in [9.17, 15) is 0 Å². The van der Waals surface area contributed by atoms with Crippen LogP contribution < -0.4 is 0 Å². The number of rotatable bonds is 11. The first-order valence-electron chi connectivity index (χ1n) is 7.78. The van der Waals surface area contributed by atoms with Crippen LogP contribution in [-0.4, -0.2) is 0 Å². The van der Waals surface area contributed by atoms with E-state index < -0.39 is 0 Å². The maximum atomic E-state index is 2.39. The van der Waals surface area contributed by atoms with Gasteiger partial charge in [0, 0.05) is 0 Å². The quantitative estimate of drug-likeness (QED) is 0.290. The summed E-state index contributed by atoms with van der Waals surface area (Å²) in [7, 11) is 0. The van der Waals surface area contributed by atoms with Crippen LogP contribution in [0, 0.1) is 11.8 Å². The van der Waals surface area contributed by atoms with Crippen LogP contribution in [-0.2, 0) is 0 Å². The molecule has 0 aromatic carbocycles. The topological polar surface area (TPSA) is 0 Å². The lowest BCUT2D eigenvalue weighted by Gasteiger charge is -2.03. The van der Waals surface area contributed by atoms with Gasteiger partial charge in [0.15, 0.2) is 0 Å². The van der Waals surface area contributed by atoms with Crippen molar-refractivity contribution in [2.24, 2.45) is 11.8 Å². The first-order chi connectivity index (χ1) is 8.13. The molecule has 0 amide bonds. The molecule has 0 aromatic heterocycles. The van der Waals surface area contributed by atoms with E-state index >= 15 is 0 Å². The summed E-state index contributed by atoms with van der Waals surface area (Å²) in [6.45, 7) is 9.26. The smallest absolute Gasteiger partial charge is 0.0351 e. The van der Waals surface area contributed by atoms with E-state index in [1.54, 1.807) is 0 Å². The minimum absolute atomic E-state index is 0.875. The predicted octanol–water partition coefficient (Wildman–Crippen LogP) is 6.37. The highest BCUT2D eigenvalue weighted by Gasteiger charge is 1.93. The lowest BCUT2D eigenvalue weighted by Crippen LogP contribution is -1.86. The molecule has 0 saturated heterocycles. The van der Waals surface area contributed by atoms with E-state index in [0.29, 0.717) is 0 Å². The second-order valence-corrected chi connectivity index (χ2v) is 6.18. The highest BCUT2D eigenvalue weighted by atomic mass is 14.0. The van der Waals surface area contributed by atoms with E-state index in [1.807, 2.05) is 0 Å². The van der Waals surface area contributed by atoms with Gasteiger partial charge in [-0.2, -0.15) is 0 Å². The van der Waals surface area contributed by atoms with Gasteiger partial charge in [-0.1, -0.05) is 72.0 Å². The van der Waals surface area contributed by atoms with Crippen molar-refractivity contribution < 1.29 is 0 Å². The fraction of sp³-hybridized carbons (Fsp3) is 0.882. The molecule has 0 aliphatic heterocycles. The SMILES string of the molecule is CC(C)CCCC/C=C\CCCCCC(C)C. The van der Waals surface area contributed by atoms with Crippen molar-refractivity contribution in [3.8, 4) is 0 Å². The van der Waals surface area contributed by atoms with Crippen molar-refractivity contribution in [1.29, 1.82) is 0 Å². The summed E-state index contributed by atoms with van der Waals surface area (Å²) in [5.74, 6) is 1.76. The van der Waals surface area contributed by atoms with Crippen molar-refractivity contribution in [3.05, 3.63) is 12.2 Å². The van der Waals surface area contributed by atoms with Crippen LogP contribution in [0.1, 0.15) is 85.5 Å². The standard InChI is InChI=1S/C17H34/c1-16(2)14-12-10-8-6-5-7-9-11-13-15-17(3)4/h5-6,16-17H,7-15H2,1-4H3/b6-5-. The summed E-state index contributed by atoms with van der Waals surface area (Å²) < 4.78 is 0. The molecule has 0 saturated carbocycles. The van der Waals surface area contributed by atoms with Crippen LogP contribution in [0.5, 0.6) is 0 Å². The summed E-state index contributed by atoms with van der Waals surface area (Å²) >= 11 is 0. The fourth-order valence-electron chi connectivity index (χ4n) is 2.04. The average Bonchev–Trinajstić information content (AvgIpc) is 2.25.